The van der Waals surface area contributed by atoms with E-state index in [1.807, 2.05) is 36.4 Å². The van der Waals surface area contributed by atoms with E-state index in [1.54, 1.807) is 37.7 Å². The Morgan fingerprint density at radius 2 is 1.94 bits per heavy atom. The second-order valence-electron chi connectivity index (χ2n) is 7.16. The first-order valence-electron chi connectivity index (χ1n) is 10.1. The zero-order valence-corrected chi connectivity index (χ0v) is 19.1. The molecule has 0 aliphatic carbocycles. The van der Waals surface area contributed by atoms with Gasteiger partial charge in [-0.1, -0.05) is 23.9 Å². The zero-order valence-electron chi connectivity index (χ0n) is 17.5. The van der Waals surface area contributed by atoms with Crippen LogP contribution in [-0.2, 0) is 6.54 Å². The zero-order chi connectivity index (χ0) is 22.8. The summed E-state index contributed by atoms with van der Waals surface area (Å²) in [6, 6.07) is 16.5. The fourth-order valence-corrected chi connectivity index (χ4v) is 5.15. The number of benzene rings is 2. The van der Waals surface area contributed by atoms with Crippen LogP contribution < -0.4 is 15.4 Å². The SMILES string of the molecule is COc1ccc(-c2ncc(CNC(=O)c3ccc4c(c3)NC(=O)c3ccccc3S4)s2)nc1. The molecule has 0 atom stereocenters. The van der Waals surface area contributed by atoms with Crippen LogP contribution >= 0.6 is 23.1 Å². The van der Waals surface area contributed by atoms with Crippen molar-refractivity contribution in [3.63, 3.8) is 0 Å². The van der Waals surface area contributed by atoms with Crippen LogP contribution in [0.15, 0.2) is 76.8 Å². The lowest BCUT2D eigenvalue weighted by Gasteiger charge is -2.09. The average molecular weight is 475 g/mol. The van der Waals surface area contributed by atoms with Gasteiger partial charge in [-0.2, -0.15) is 0 Å². The molecule has 0 saturated heterocycles. The van der Waals surface area contributed by atoms with Crippen molar-refractivity contribution in [3.05, 3.63) is 83.0 Å². The minimum absolute atomic E-state index is 0.182. The Kier molecular flexibility index (Phi) is 5.80. The summed E-state index contributed by atoms with van der Waals surface area (Å²) in [4.78, 5) is 36.8. The first-order valence-corrected chi connectivity index (χ1v) is 11.7. The molecular formula is C24H18N4O3S2. The topological polar surface area (TPSA) is 93.2 Å². The lowest BCUT2D eigenvalue weighted by atomic mass is 10.1. The number of aromatic nitrogens is 2. The van der Waals surface area contributed by atoms with Crippen LogP contribution in [-0.4, -0.2) is 28.9 Å². The molecule has 0 radical (unpaired) electrons. The van der Waals surface area contributed by atoms with Crippen LogP contribution in [0.5, 0.6) is 5.75 Å². The number of thiazole rings is 1. The van der Waals surface area contributed by atoms with Crippen LogP contribution in [0.3, 0.4) is 0 Å². The molecule has 1 aliphatic heterocycles. The van der Waals surface area contributed by atoms with Crippen molar-refractivity contribution in [2.45, 2.75) is 16.3 Å². The summed E-state index contributed by atoms with van der Waals surface area (Å²) in [6.45, 7) is 0.344. The number of amides is 2. The van der Waals surface area contributed by atoms with Crippen LogP contribution in [0.2, 0.25) is 0 Å². The Morgan fingerprint density at radius 1 is 1.06 bits per heavy atom. The third-order valence-electron chi connectivity index (χ3n) is 5.01. The second kappa shape index (κ2) is 9.05. The van der Waals surface area contributed by atoms with Gasteiger partial charge < -0.3 is 15.4 Å². The third kappa shape index (κ3) is 4.46. The molecule has 1 aliphatic rings. The van der Waals surface area contributed by atoms with Gasteiger partial charge in [0.2, 0.25) is 0 Å². The number of pyridine rings is 1. The monoisotopic (exact) mass is 474 g/mol. The summed E-state index contributed by atoms with van der Waals surface area (Å²) in [5, 5.41) is 6.60. The molecule has 164 valence electrons. The number of fused-ring (bicyclic) bond motifs is 2. The van der Waals surface area contributed by atoms with Crippen LogP contribution in [0, 0.1) is 0 Å². The Balaban J connectivity index is 1.27. The fraction of sp³-hybridized carbons (Fsp3) is 0.0833. The van der Waals surface area contributed by atoms with E-state index in [-0.39, 0.29) is 11.8 Å². The van der Waals surface area contributed by atoms with Gasteiger partial charge in [0.25, 0.3) is 11.8 Å². The smallest absolute Gasteiger partial charge is 0.256 e. The highest BCUT2D eigenvalue weighted by Crippen LogP contribution is 2.39. The predicted molar refractivity (Wildman–Crippen MR) is 128 cm³/mol. The van der Waals surface area contributed by atoms with Crippen molar-refractivity contribution < 1.29 is 14.3 Å². The molecule has 4 aromatic rings. The van der Waals surface area contributed by atoms with Gasteiger partial charge in [-0.15, -0.1) is 11.3 Å². The van der Waals surface area contributed by atoms with E-state index in [4.69, 9.17) is 4.74 Å². The van der Waals surface area contributed by atoms with Gasteiger partial charge in [0.05, 0.1) is 36.8 Å². The second-order valence-corrected chi connectivity index (χ2v) is 9.36. The van der Waals surface area contributed by atoms with Crippen molar-refractivity contribution in [2.75, 3.05) is 12.4 Å². The van der Waals surface area contributed by atoms with Crippen molar-refractivity contribution in [3.8, 4) is 16.5 Å². The Bertz CT molecular complexity index is 1350. The number of carbonyl (C=O) groups excluding carboxylic acids is 2. The van der Waals surface area contributed by atoms with Gasteiger partial charge in [0.1, 0.15) is 10.8 Å². The average Bonchev–Trinajstić information content (AvgIpc) is 3.27. The quantitative estimate of drug-likeness (QED) is 0.429. The summed E-state index contributed by atoms with van der Waals surface area (Å²) in [7, 11) is 1.59. The minimum Gasteiger partial charge on any atom is -0.495 e. The maximum absolute atomic E-state index is 12.8. The van der Waals surface area contributed by atoms with Crippen molar-refractivity contribution >= 4 is 40.6 Å². The maximum atomic E-state index is 12.8. The highest BCUT2D eigenvalue weighted by atomic mass is 32.2. The van der Waals surface area contributed by atoms with Crippen LogP contribution in [0.1, 0.15) is 25.6 Å². The molecule has 5 rings (SSSR count). The molecule has 0 fully saturated rings. The standard InChI is InChI=1S/C24H18N4O3S2/c1-31-15-7-8-18(25-11-15)24-27-13-16(32-24)12-26-22(29)14-6-9-21-19(10-14)28-23(30)17-4-2-3-5-20(17)33-21/h2-11,13H,12H2,1H3,(H,26,29)(H,28,30). The van der Waals surface area contributed by atoms with E-state index in [9.17, 15) is 9.59 Å². The predicted octanol–water partition coefficient (Wildman–Crippen LogP) is 4.86. The molecule has 3 heterocycles. The summed E-state index contributed by atoms with van der Waals surface area (Å²) < 4.78 is 5.13. The van der Waals surface area contributed by atoms with Gasteiger partial charge in [0.15, 0.2) is 0 Å². The van der Waals surface area contributed by atoms with E-state index in [1.165, 1.54) is 23.1 Å². The number of ether oxygens (including phenoxy) is 1. The lowest BCUT2D eigenvalue weighted by molar-refractivity contribution is 0.0949. The van der Waals surface area contributed by atoms with Gasteiger partial charge in [-0.3, -0.25) is 9.59 Å². The fourth-order valence-electron chi connectivity index (χ4n) is 3.31. The molecule has 0 spiro atoms. The Morgan fingerprint density at radius 3 is 2.76 bits per heavy atom. The summed E-state index contributed by atoms with van der Waals surface area (Å²) in [6.07, 6.45) is 3.38. The molecule has 2 N–H and O–H groups in total. The molecule has 2 aromatic heterocycles. The summed E-state index contributed by atoms with van der Waals surface area (Å²) in [5.41, 5.74) is 2.47. The number of methoxy groups -OCH3 is 1. The molecule has 2 amide bonds. The van der Waals surface area contributed by atoms with Gasteiger partial charge >= 0.3 is 0 Å². The Hall–Kier alpha value is -3.69. The lowest BCUT2D eigenvalue weighted by Crippen LogP contribution is -2.22. The van der Waals surface area contributed by atoms with E-state index < -0.39 is 0 Å². The molecule has 0 unspecified atom stereocenters. The highest BCUT2D eigenvalue weighted by Gasteiger charge is 2.20. The molecule has 7 nitrogen and oxygen atoms in total. The summed E-state index contributed by atoms with van der Waals surface area (Å²) >= 11 is 2.97. The number of nitrogens with zero attached hydrogens (tertiary/aromatic N) is 2. The van der Waals surface area contributed by atoms with E-state index in [0.717, 1.165) is 25.4 Å². The van der Waals surface area contributed by atoms with Gasteiger partial charge in [-0.25, -0.2) is 9.97 Å². The molecule has 2 aromatic carbocycles. The molecule has 0 saturated carbocycles. The normalized spacial score (nSPS) is 12.2. The summed E-state index contributed by atoms with van der Waals surface area (Å²) in [5.74, 6) is 0.275. The van der Waals surface area contributed by atoms with Crippen LogP contribution in [0.25, 0.3) is 10.7 Å². The number of hydrogen-bond donors (Lipinski definition) is 2. The minimum atomic E-state index is -0.226. The number of hydrogen-bond acceptors (Lipinski definition) is 7. The van der Waals surface area contributed by atoms with Gasteiger partial charge in [-0.05, 0) is 42.5 Å². The maximum Gasteiger partial charge on any atom is 0.256 e. The van der Waals surface area contributed by atoms with Crippen molar-refractivity contribution in [1.29, 1.82) is 0 Å². The first kappa shape index (κ1) is 21.2. The van der Waals surface area contributed by atoms with Crippen LogP contribution in [0.4, 0.5) is 5.69 Å². The Labute approximate surface area is 198 Å². The van der Waals surface area contributed by atoms with E-state index >= 15 is 0 Å². The third-order valence-corrected chi connectivity index (χ3v) is 7.18. The molecule has 9 heteroatoms. The van der Waals surface area contributed by atoms with Crippen molar-refractivity contribution in [1.82, 2.24) is 15.3 Å². The van der Waals surface area contributed by atoms with E-state index in [0.29, 0.717) is 29.1 Å². The van der Waals surface area contributed by atoms with Crippen molar-refractivity contribution in [2.24, 2.45) is 0 Å². The number of anilines is 1. The molecule has 0 bridgehead atoms. The first-order chi connectivity index (χ1) is 16.1. The number of carbonyl (C=O) groups is 2. The molecule has 33 heavy (non-hydrogen) atoms. The van der Waals surface area contributed by atoms with Gasteiger partial charge in [0, 0.05) is 26.4 Å². The molecular weight excluding hydrogens is 456 g/mol. The number of rotatable bonds is 5. The van der Waals surface area contributed by atoms with E-state index in [2.05, 4.69) is 20.6 Å². The largest absolute Gasteiger partial charge is 0.495 e. The number of nitrogens with one attached hydrogen (secondary N) is 2. The highest BCUT2D eigenvalue weighted by molar-refractivity contribution is 7.99.